The van der Waals surface area contributed by atoms with Gasteiger partial charge >= 0.3 is 12.4 Å². The molecule has 1 atom stereocenters. The summed E-state index contributed by atoms with van der Waals surface area (Å²) in [5.74, 6) is 1.38. The number of hydrogen-bond donors (Lipinski definition) is 2. The molecule has 0 saturated carbocycles. The molecule has 0 aromatic heterocycles. The molecule has 2 nitrogen and oxygen atoms in total. The summed E-state index contributed by atoms with van der Waals surface area (Å²) in [5.41, 5.74) is 1.63. The third-order valence-electron chi connectivity index (χ3n) is 2.44. The third-order valence-corrected chi connectivity index (χ3v) is 2.44. The van der Waals surface area contributed by atoms with E-state index in [-0.39, 0.29) is 12.8 Å². The van der Waals surface area contributed by atoms with Gasteiger partial charge in [-0.05, 0) is 6.42 Å². The summed E-state index contributed by atoms with van der Waals surface area (Å²) in [7, 11) is 0. The zero-order valence-electron chi connectivity index (χ0n) is 9.33. The van der Waals surface area contributed by atoms with Crippen molar-refractivity contribution in [2.24, 2.45) is 11.8 Å². The Balaban J connectivity index is 4.75. The minimum atomic E-state index is -5.35. The molecule has 0 fully saturated rings. The number of nitrogens with two attached hydrogens (primary N) is 1. The Morgan fingerprint density at radius 1 is 1.00 bits per heavy atom. The molecule has 0 rings (SSSR count). The molecule has 0 saturated heterocycles. The zero-order chi connectivity index (χ0) is 13.7. The van der Waals surface area contributed by atoms with Gasteiger partial charge in [0.25, 0.3) is 0 Å². The predicted octanol–water partition coefficient (Wildman–Crippen LogP) is 3.14. The average molecular weight is 266 g/mol. The first kappa shape index (κ1) is 16.5. The van der Waals surface area contributed by atoms with Gasteiger partial charge in [-0.2, -0.15) is 26.3 Å². The van der Waals surface area contributed by atoms with Gasteiger partial charge in [0.15, 0.2) is 5.92 Å². The van der Waals surface area contributed by atoms with Crippen LogP contribution in [0.4, 0.5) is 26.3 Å². The first-order valence-electron chi connectivity index (χ1n) is 5.24. The minimum Gasteiger partial charge on any atom is -0.271 e. The van der Waals surface area contributed by atoms with Crippen molar-refractivity contribution in [3.8, 4) is 0 Å². The molecule has 0 aromatic rings. The molecule has 3 N–H and O–H groups in total. The lowest BCUT2D eigenvalue weighted by Gasteiger charge is -2.30. The Kier molecular flexibility index (Phi) is 6.25. The molecule has 104 valence electrons. The van der Waals surface area contributed by atoms with E-state index < -0.39 is 24.3 Å². The number of nitrogens with one attached hydrogen (secondary N) is 1. The van der Waals surface area contributed by atoms with Gasteiger partial charge in [-0.25, -0.2) is 0 Å². The van der Waals surface area contributed by atoms with Gasteiger partial charge in [-0.3, -0.25) is 11.3 Å². The monoisotopic (exact) mass is 266 g/mol. The van der Waals surface area contributed by atoms with Crippen LogP contribution in [0.5, 0.6) is 0 Å². The van der Waals surface area contributed by atoms with Crippen molar-refractivity contribution in [3.05, 3.63) is 0 Å². The lowest BCUT2D eigenvalue weighted by Crippen LogP contribution is -2.53. The van der Waals surface area contributed by atoms with Crippen LogP contribution >= 0.6 is 0 Å². The molecule has 0 spiro atoms. The molecular formula is C9H16F6N2. The van der Waals surface area contributed by atoms with Crippen molar-refractivity contribution in [1.29, 1.82) is 0 Å². The van der Waals surface area contributed by atoms with E-state index in [0.717, 1.165) is 0 Å². The Morgan fingerprint density at radius 3 is 1.76 bits per heavy atom. The SMILES string of the molecule is CCCCCC(NN)C(C(F)(F)F)C(F)(F)F. The van der Waals surface area contributed by atoms with E-state index in [2.05, 4.69) is 0 Å². The van der Waals surface area contributed by atoms with Gasteiger partial charge < -0.3 is 0 Å². The van der Waals surface area contributed by atoms with Gasteiger partial charge in [0.05, 0.1) is 0 Å². The van der Waals surface area contributed by atoms with Gasteiger partial charge in [0.2, 0.25) is 0 Å². The first-order chi connectivity index (χ1) is 7.64. The van der Waals surface area contributed by atoms with E-state index in [1.165, 1.54) is 0 Å². The van der Waals surface area contributed by atoms with Gasteiger partial charge in [0, 0.05) is 6.04 Å². The fraction of sp³-hybridized carbons (Fsp3) is 1.00. The quantitative estimate of drug-likeness (QED) is 0.335. The third kappa shape index (κ3) is 5.58. The maximum atomic E-state index is 12.3. The lowest BCUT2D eigenvalue weighted by atomic mass is 9.94. The molecule has 17 heavy (non-hydrogen) atoms. The first-order valence-corrected chi connectivity index (χ1v) is 5.24. The van der Waals surface area contributed by atoms with E-state index in [4.69, 9.17) is 5.84 Å². The Morgan fingerprint density at radius 2 is 1.47 bits per heavy atom. The molecule has 0 aliphatic heterocycles. The van der Waals surface area contributed by atoms with Crippen LogP contribution < -0.4 is 11.3 Å². The average Bonchev–Trinajstić information content (AvgIpc) is 2.12. The molecule has 0 radical (unpaired) electrons. The largest absolute Gasteiger partial charge is 0.402 e. The smallest absolute Gasteiger partial charge is 0.271 e. The van der Waals surface area contributed by atoms with Crippen molar-refractivity contribution < 1.29 is 26.3 Å². The Hall–Kier alpha value is -0.500. The van der Waals surface area contributed by atoms with E-state index in [1.807, 2.05) is 0 Å². The Bertz CT molecular complexity index is 199. The molecule has 0 aliphatic carbocycles. The molecular weight excluding hydrogens is 250 g/mol. The molecule has 0 aromatic carbocycles. The summed E-state index contributed by atoms with van der Waals surface area (Å²) < 4.78 is 74.1. The highest BCUT2D eigenvalue weighted by atomic mass is 19.4. The fourth-order valence-electron chi connectivity index (χ4n) is 1.60. The second-order valence-electron chi connectivity index (χ2n) is 3.83. The molecule has 0 heterocycles. The van der Waals surface area contributed by atoms with Crippen LogP contribution in [0.2, 0.25) is 0 Å². The maximum absolute atomic E-state index is 12.3. The van der Waals surface area contributed by atoms with E-state index in [9.17, 15) is 26.3 Å². The number of hydrogen-bond acceptors (Lipinski definition) is 2. The fourth-order valence-corrected chi connectivity index (χ4v) is 1.60. The maximum Gasteiger partial charge on any atom is 0.402 e. The van der Waals surface area contributed by atoms with Crippen LogP contribution in [0.15, 0.2) is 0 Å². The van der Waals surface area contributed by atoms with Crippen molar-refractivity contribution in [1.82, 2.24) is 5.43 Å². The van der Waals surface area contributed by atoms with Crippen LogP contribution in [0, 0.1) is 5.92 Å². The normalized spacial score (nSPS) is 15.4. The second kappa shape index (κ2) is 6.44. The highest BCUT2D eigenvalue weighted by molar-refractivity contribution is 4.85. The molecule has 1 unspecified atom stereocenters. The number of halogens is 6. The number of alkyl halides is 6. The predicted molar refractivity (Wildman–Crippen MR) is 50.9 cm³/mol. The van der Waals surface area contributed by atoms with E-state index in [0.29, 0.717) is 12.8 Å². The summed E-state index contributed by atoms with van der Waals surface area (Å²) in [6.45, 7) is 1.80. The highest BCUT2D eigenvalue weighted by Gasteiger charge is 2.59. The number of unbranched alkanes of at least 4 members (excludes halogenated alkanes) is 2. The molecule has 0 amide bonds. The molecule has 0 aliphatic rings. The zero-order valence-corrected chi connectivity index (χ0v) is 9.33. The topological polar surface area (TPSA) is 38.0 Å². The number of hydrazine groups is 1. The summed E-state index contributed by atoms with van der Waals surface area (Å²) in [4.78, 5) is 0. The van der Waals surface area contributed by atoms with Crippen LogP contribution in [0.25, 0.3) is 0 Å². The van der Waals surface area contributed by atoms with Crippen molar-refractivity contribution >= 4 is 0 Å². The number of rotatable bonds is 6. The molecule has 0 bridgehead atoms. The van der Waals surface area contributed by atoms with Gasteiger partial charge in [-0.1, -0.05) is 26.2 Å². The van der Waals surface area contributed by atoms with Gasteiger partial charge in [-0.15, -0.1) is 0 Å². The lowest BCUT2D eigenvalue weighted by molar-refractivity contribution is -0.292. The van der Waals surface area contributed by atoms with Crippen LogP contribution in [-0.2, 0) is 0 Å². The summed E-state index contributed by atoms with van der Waals surface area (Å²) in [5, 5.41) is 0. The molecule has 8 heteroatoms. The van der Waals surface area contributed by atoms with Crippen molar-refractivity contribution in [3.63, 3.8) is 0 Å². The standard InChI is InChI=1S/C9H16F6N2/c1-2-3-4-5-6(17-16)7(8(10,11)12)9(13,14)15/h6-7,17H,2-5,16H2,1H3. The Labute approximate surface area is 95.5 Å². The second-order valence-corrected chi connectivity index (χ2v) is 3.83. The van der Waals surface area contributed by atoms with Crippen LogP contribution in [-0.4, -0.2) is 18.4 Å². The van der Waals surface area contributed by atoms with Crippen molar-refractivity contribution in [2.45, 2.75) is 51.0 Å². The van der Waals surface area contributed by atoms with E-state index >= 15 is 0 Å². The van der Waals surface area contributed by atoms with Gasteiger partial charge in [0.1, 0.15) is 0 Å². The van der Waals surface area contributed by atoms with Crippen molar-refractivity contribution in [2.75, 3.05) is 0 Å². The summed E-state index contributed by atoms with van der Waals surface area (Å²) >= 11 is 0. The van der Waals surface area contributed by atoms with E-state index in [1.54, 1.807) is 12.3 Å². The minimum absolute atomic E-state index is 0.256. The van der Waals surface area contributed by atoms with Crippen LogP contribution in [0.1, 0.15) is 32.6 Å². The highest BCUT2D eigenvalue weighted by Crippen LogP contribution is 2.42. The summed E-state index contributed by atoms with van der Waals surface area (Å²) in [6.07, 6.45) is -9.40. The van der Waals surface area contributed by atoms with Crippen LogP contribution in [0.3, 0.4) is 0 Å². The summed E-state index contributed by atoms with van der Waals surface area (Å²) in [6, 6.07) is -1.83.